The molecule has 0 aliphatic carbocycles. The van der Waals surface area contributed by atoms with E-state index in [4.69, 9.17) is 47.4 Å². The van der Waals surface area contributed by atoms with E-state index >= 15 is 0 Å². The quantitative estimate of drug-likeness (QED) is 0.0323. The summed E-state index contributed by atoms with van der Waals surface area (Å²) in [7, 11) is -3.45. The number of rotatable bonds is 41. The molecule has 0 rings (SSSR count). The number of sulfone groups is 1. The van der Waals surface area contributed by atoms with Crippen molar-refractivity contribution >= 4 is 45.8 Å². The van der Waals surface area contributed by atoms with E-state index in [9.17, 15) is 37.2 Å². The summed E-state index contributed by atoms with van der Waals surface area (Å²) in [5.41, 5.74) is 0. The second-order valence-electron chi connectivity index (χ2n) is 12.4. The average molecular weight is 902 g/mol. The molecule has 0 radical (unpaired) electrons. The maximum absolute atomic E-state index is 12.7. The molecule has 4 N–H and O–H groups in total. The minimum Gasteiger partial charge on any atom is -0.463 e. The van der Waals surface area contributed by atoms with E-state index in [1.165, 1.54) is 0 Å². The predicted octanol–water partition coefficient (Wildman–Crippen LogP) is -1.07. The third-order valence-corrected chi connectivity index (χ3v) is 8.46. The van der Waals surface area contributed by atoms with Crippen molar-refractivity contribution in [3.05, 3.63) is 12.0 Å². The number of nitrogens with one attached hydrogen (secondary N) is 4. The molecule has 354 valence electrons. The van der Waals surface area contributed by atoms with Crippen LogP contribution in [0.25, 0.3) is 0 Å². The molecule has 0 heterocycles. The first-order chi connectivity index (χ1) is 29.4. The molecule has 4 amide bonds. The van der Waals surface area contributed by atoms with Crippen LogP contribution >= 0.6 is 0 Å². The van der Waals surface area contributed by atoms with Crippen LogP contribution in [0.5, 0.6) is 0 Å². The molecule has 0 saturated heterocycles. The predicted molar refractivity (Wildman–Crippen MR) is 217 cm³/mol. The Labute approximate surface area is 358 Å². The third kappa shape index (κ3) is 39.7. The highest BCUT2D eigenvalue weighted by molar-refractivity contribution is 7.94. The van der Waals surface area contributed by atoms with Gasteiger partial charge in [0.25, 0.3) is 0 Å². The Bertz CT molecular complexity index is 1270. The van der Waals surface area contributed by atoms with Gasteiger partial charge in [0, 0.05) is 51.1 Å². The molecular weight excluding hydrogens is 834 g/mol. The Morgan fingerprint density at radius 1 is 0.508 bits per heavy atom. The van der Waals surface area contributed by atoms with Crippen LogP contribution in [-0.4, -0.2) is 207 Å². The molecule has 0 bridgehead atoms. The van der Waals surface area contributed by atoms with E-state index in [2.05, 4.69) is 27.8 Å². The largest absolute Gasteiger partial charge is 0.463 e. The second-order valence-corrected chi connectivity index (χ2v) is 14.4. The lowest BCUT2D eigenvalue weighted by Gasteiger charge is -2.21. The standard InChI is InChI=1S/C37H67N5O18S/c1-4-14-59-36(47)40-10-18-53-24-26-55-30-34(45)57-20-12-42(13-21-58-35(46)31-56-27-25-54-19-11-41-37(48)60-15-5-2)29-33(44)39-9-17-52-23-22-51-16-8-38-32(43)7-28-61(49,50)6-3/h6H,3-5,7-31H2,1-2H3,(H,38,43)(H,39,44)(H,40,47)(H,41,48). The van der Waals surface area contributed by atoms with E-state index < -0.39 is 39.9 Å². The van der Waals surface area contributed by atoms with Gasteiger partial charge >= 0.3 is 24.1 Å². The normalized spacial score (nSPS) is 11.1. The highest BCUT2D eigenvalue weighted by Gasteiger charge is 2.14. The number of nitrogens with zero attached hydrogens (tertiary/aromatic N) is 1. The van der Waals surface area contributed by atoms with Gasteiger partial charge in [-0.3, -0.25) is 14.5 Å². The van der Waals surface area contributed by atoms with Gasteiger partial charge in [0.1, 0.15) is 26.4 Å². The molecule has 24 heteroatoms. The Balaban J connectivity index is 4.45. The zero-order chi connectivity index (χ0) is 45.2. The highest BCUT2D eigenvalue weighted by Crippen LogP contribution is 1.96. The van der Waals surface area contributed by atoms with Crippen molar-refractivity contribution in [1.82, 2.24) is 26.2 Å². The molecule has 61 heavy (non-hydrogen) atoms. The lowest BCUT2D eigenvalue weighted by atomic mass is 10.4. The van der Waals surface area contributed by atoms with E-state index in [1.54, 1.807) is 4.90 Å². The Morgan fingerprint density at radius 2 is 0.902 bits per heavy atom. The Kier molecular flexibility index (Phi) is 37.2. The van der Waals surface area contributed by atoms with Gasteiger partial charge in [0.2, 0.25) is 11.8 Å². The summed E-state index contributed by atoms with van der Waals surface area (Å²) in [6, 6.07) is 0. The number of hydrogen-bond donors (Lipinski definition) is 4. The molecule has 0 unspecified atom stereocenters. The summed E-state index contributed by atoms with van der Waals surface area (Å²) in [5, 5.41) is 11.2. The Hall–Kier alpha value is -4.17. The average Bonchev–Trinajstić information content (AvgIpc) is 3.23. The summed E-state index contributed by atoms with van der Waals surface area (Å²) in [4.78, 5) is 73.1. The van der Waals surface area contributed by atoms with Crippen LogP contribution in [-0.2, 0) is 76.4 Å². The zero-order valence-corrected chi connectivity index (χ0v) is 36.4. The molecule has 0 saturated carbocycles. The maximum Gasteiger partial charge on any atom is 0.407 e. The molecular formula is C37H67N5O18S. The van der Waals surface area contributed by atoms with Crippen LogP contribution in [0.15, 0.2) is 12.0 Å². The van der Waals surface area contributed by atoms with Crippen LogP contribution in [0.1, 0.15) is 33.1 Å². The fourth-order valence-electron chi connectivity index (χ4n) is 4.14. The van der Waals surface area contributed by atoms with E-state index in [0.29, 0.717) is 13.2 Å². The molecule has 0 aromatic rings. The summed E-state index contributed by atoms with van der Waals surface area (Å²) >= 11 is 0. The van der Waals surface area contributed by atoms with Crippen molar-refractivity contribution in [1.29, 1.82) is 0 Å². The fraction of sp³-hybridized carbons (Fsp3) is 0.784. The number of ether oxygens (including phenoxy) is 10. The zero-order valence-electron chi connectivity index (χ0n) is 35.6. The monoisotopic (exact) mass is 901 g/mol. The third-order valence-electron chi connectivity index (χ3n) is 7.17. The molecule has 0 aromatic carbocycles. The maximum atomic E-state index is 12.7. The van der Waals surface area contributed by atoms with Gasteiger partial charge in [-0.2, -0.15) is 0 Å². The number of hydrogen-bond acceptors (Lipinski definition) is 19. The second kappa shape index (κ2) is 39.9. The minimum atomic E-state index is -3.45. The van der Waals surface area contributed by atoms with Gasteiger partial charge in [0.05, 0.1) is 91.6 Å². The number of carbonyl (C=O) groups excluding carboxylic acids is 6. The van der Waals surface area contributed by atoms with Crippen LogP contribution in [0.3, 0.4) is 0 Å². The van der Waals surface area contributed by atoms with Gasteiger partial charge in [-0.15, -0.1) is 0 Å². The van der Waals surface area contributed by atoms with Crippen molar-refractivity contribution < 1.29 is 84.6 Å². The Morgan fingerprint density at radius 3 is 1.31 bits per heavy atom. The molecule has 0 aliphatic heterocycles. The van der Waals surface area contributed by atoms with Gasteiger partial charge in [-0.05, 0) is 12.8 Å². The van der Waals surface area contributed by atoms with Crippen molar-refractivity contribution in [3.63, 3.8) is 0 Å². The number of amides is 4. The lowest BCUT2D eigenvalue weighted by Crippen LogP contribution is -2.41. The first kappa shape index (κ1) is 56.8. The van der Waals surface area contributed by atoms with E-state index in [0.717, 1.165) is 18.2 Å². The van der Waals surface area contributed by atoms with Crippen molar-refractivity contribution in [3.8, 4) is 0 Å². The first-order valence-electron chi connectivity index (χ1n) is 20.1. The molecule has 0 fully saturated rings. The smallest absolute Gasteiger partial charge is 0.407 e. The fourth-order valence-corrected chi connectivity index (χ4v) is 4.77. The minimum absolute atomic E-state index is 0.0811. The van der Waals surface area contributed by atoms with Gasteiger partial charge in [-0.25, -0.2) is 27.6 Å². The van der Waals surface area contributed by atoms with E-state index in [-0.39, 0.29) is 156 Å². The summed E-state index contributed by atoms with van der Waals surface area (Å²) in [6.45, 7) is 9.77. The summed E-state index contributed by atoms with van der Waals surface area (Å²) in [5.74, 6) is -2.36. The topological polar surface area (TPSA) is 280 Å². The van der Waals surface area contributed by atoms with Crippen LogP contribution in [0, 0.1) is 0 Å². The molecule has 0 aromatic heterocycles. The van der Waals surface area contributed by atoms with Gasteiger partial charge < -0.3 is 68.6 Å². The van der Waals surface area contributed by atoms with E-state index in [1.807, 2.05) is 13.8 Å². The molecule has 0 aliphatic rings. The van der Waals surface area contributed by atoms with Gasteiger partial charge in [-0.1, -0.05) is 20.4 Å². The van der Waals surface area contributed by atoms with Crippen molar-refractivity contribution in [2.24, 2.45) is 0 Å². The first-order valence-corrected chi connectivity index (χ1v) is 21.8. The summed E-state index contributed by atoms with van der Waals surface area (Å²) in [6.07, 6.45) is 0.220. The van der Waals surface area contributed by atoms with Crippen molar-refractivity contribution in [2.75, 3.05) is 157 Å². The SMILES string of the molecule is C=CS(=O)(=O)CCC(=O)NCCOCCOCCNC(=O)CN(CCOC(=O)COCCOCCNC(=O)OCCC)CCOC(=O)COCCOCCNC(=O)OCCC. The molecule has 0 spiro atoms. The van der Waals surface area contributed by atoms with Crippen LogP contribution < -0.4 is 21.3 Å². The van der Waals surface area contributed by atoms with Crippen molar-refractivity contribution in [2.45, 2.75) is 33.1 Å². The van der Waals surface area contributed by atoms with Crippen LogP contribution in [0.4, 0.5) is 9.59 Å². The number of carbonyl (C=O) groups is 6. The van der Waals surface area contributed by atoms with Gasteiger partial charge in [0.15, 0.2) is 9.84 Å². The lowest BCUT2D eigenvalue weighted by molar-refractivity contribution is -0.150. The summed E-state index contributed by atoms with van der Waals surface area (Å²) < 4.78 is 75.0. The number of esters is 2. The van der Waals surface area contributed by atoms with Crippen LogP contribution in [0.2, 0.25) is 0 Å². The highest BCUT2D eigenvalue weighted by atomic mass is 32.2. The molecule has 0 atom stereocenters. The molecule has 23 nitrogen and oxygen atoms in total. The number of alkyl carbamates (subject to hydrolysis) is 2.